The molecule has 1 fully saturated rings. The summed E-state index contributed by atoms with van der Waals surface area (Å²) in [4.78, 5) is 27.1. The third kappa shape index (κ3) is 2.78. The first-order valence-corrected chi connectivity index (χ1v) is 6.23. The Balaban J connectivity index is 1.62. The van der Waals surface area contributed by atoms with Crippen molar-refractivity contribution in [3.8, 4) is 0 Å². The van der Waals surface area contributed by atoms with E-state index < -0.39 is 11.6 Å². The van der Waals surface area contributed by atoms with Crippen molar-refractivity contribution < 1.29 is 14.0 Å². The molecular weight excluding hydrogens is 246 g/mol. The maximum atomic E-state index is 11.8. The summed E-state index contributed by atoms with van der Waals surface area (Å²) in [5.41, 5.74) is 0. The van der Waals surface area contributed by atoms with E-state index in [0.29, 0.717) is 5.76 Å². The van der Waals surface area contributed by atoms with Crippen LogP contribution in [0.5, 0.6) is 0 Å². The Bertz CT molecular complexity index is 596. The zero-order chi connectivity index (χ0) is 13.2. The summed E-state index contributed by atoms with van der Waals surface area (Å²) in [6, 6.07) is 3.62. The lowest BCUT2D eigenvalue weighted by atomic mass is 10.1. The van der Waals surface area contributed by atoms with Gasteiger partial charge >= 0.3 is 0 Å². The highest BCUT2D eigenvalue weighted by atomic mass is 16.3. The molecule has 0 spiro atoms. The molecule has 19 heavy (non-hydrogen) atoms. The lowest BCUT2D eigenvalue weighted by Crippen LogP contribution is -2.17. The lowest BCUT2D eigenvalue weighted by Gasteiger charge is -1.95. The van der Waals surface area contributed by atoms with E-state index in [1.54, 1.807) is 6.07 Å². The van der Waals surface area contributed by atoms with Gasteiger partial charge in [0.1, 0.15) is 17.8 Å². The van der Waals surface area contributed by atoms with Gasteiger partial charge < -0.3 is 4.42 Å². The van der Waals surface area contributed by atoms with Crippen molar-refractivity contribution in [2.45, 2.75) is 25.7 Å². The van der Waals surface area contributed by atoms with E-state index in [2.05, 4.69) is 15.2 Å². The van der Waals surface area contributed by atoms with Gasteiger partial charge in [-0.05, 0) is 30.9 Å². The fourth-order valence-corrected chi connectivity index (χ4v) is 1.92. The molecule has 0 radical (unpaired) electrons. The zero-order valence-electron chi connectivity index (χ0n) is 10.3. The van der Waals surface area contributed by atoms with E-state index in [9.17, 15) is 9.59 Å². The average molecular weight is 259 g/mol. The number of hydrogen-bond donors (Lipinski definition) is 1. The number of aromatic amines is 1. The van der Waals surface area contributed by atoms with Gasteiger partial charge in [-0.1, -0.05) is 0 Å². The molecule has 0 bridgehead atoms. The molecule has 1 aliphatic carbocycles. The molecule has 3 rings (SSSR count). The Kier molecular flexibility index (Phi) is 2.98. The van der Waals surface area contributed by atoms with Crippen molar-refractivity contribution in [2.24, 2.45) is 5.92 Å². The van der Waals surface area contributed by atoms with E-state index in [1.165, 1.54) is 19.2 Å². The molecule has 2 aromatic rings. The van der Waals surface area contributed by atoms with Gasteiger partial charge in [0.25, 0.3) is 5.78 Å². The van der Waals surface area contributed by atoms with Gasteiger partial charge in [0.05, 0.1) is 6.42 Å². The van der Waals surface area contributed by atoms with Gasteiger partial charge in [0.2, 0.25) is 11.6 Å². The summed E-state index contributed by atoms with van der Waals surface area (Å²) in [7, 11) is 0. The highest BCUT2D eigenvalue weighted by Crippen LogP contribution is 2.33. The van der Waals surface area contributed by atoms with Crippen LogP contribution in [0, 0.1) is 5.92 Å². The summed E-state index contributed by atoms with van der Waals surface area (Å²) in [6.45, 7) is 0. The first kappa shape index (κ1) is 11.8. The monoisotopic (exact) mass is 259 g/mol. The number of ketones is 2. The Hall–Kier alpha value is -2.24. The first-order valence-electron chi connectivity index (χ1n) is 6.23. The number of nitrogens with zero attached hydrogens (tertiary/aromatic N) is 2. The number of hydrogen-bond acceptors (Lipinski definition) is 5. The number of nitrogens with one attached hydrogen (secondary N) is 1. The van der Waals surface area contributed by atoms with Crippen LogP contribution in [0.15, 0.2) is 22.9 Å². The van der Waals surface area contributed by atoms with Crippen LogP contribution in [-0.2, 0) is 17.6 Å². The van der Waals surface area contributed by atoms with Crippen molar-refractivity contribution in [3.05, 3.63) is 35.8 Å². The number of Topliss-reactive ketones (excluding diaryl/α,β-unsaturated/α-hetero) is 2. The predicted molar refractivity (Wildman–Crippen MR) is 64.6 cm³/mol. The van der Waals surface area contributed by atoms with E-state index >= 15 is 0 Å². The molecule has 0 unspecified atom stereocenters. The number of aromatic nitrogens is 3. The van der Waals surface area contributed by atoms with Gasteiger partial charge in [-0.15, -0.1) is 5.10 Å². The summed E-state index contributed by atoms with van der Waals surface area (Å²) >= 11 is 0. The molecule has 0 atom stereocenters. The smallest absolute Gasteiger partial charge is 0.268 e. The van der Waals surface area contributed by atoms with E-state index in [4.69, 9.17) is 4.42 Å². The van der Waals surface area contributed by atoms with E-state index in [1.807, 2.05) is 6.07 Å². The summed E-state index contributed by atoms with van der Waals surface area (Å²) in [5.74, 6) is 0.771. The quantitative estimate of drug-likeness (QED) is 0.624. The molecule has 2 heterocycles. The lowest BCUT2D eigenvalue weighted by molar-refractivity contribution is -0.114. The van der Waals surface area contributed by atoms with Crippen LogP contribution < -0.4 is 0 Å². The zero-order valence-corrected chi connectivity index (χ0v) is 10.3. The summed E-state index contributed by atoms with van der Waals surface area (Å²) < 4.78 is 5.55. The molecule has 0 aromatic carbocycles. The normalized spacial score (nSPS) is 14.5. The Morgan fingerprint density at radius 3 is 2.79 bits per heavy atom. The molecule has 1 saturated carbocycles. The van der Waals surface area contributed by atoms with Crippen LogP contribution in [0.25, 0.3) is 0 Å². The van der Waals surface area contributed by atoms with Crippen LogP contribution in [0.2, 0.25) is 0 Å². The fraction of sp³-hybridized carbons (Fsp3) is 0.385. The van der Waals surface area contributed by atoms with Gasteiger partial charge in [-0.2, -0.15) is 0 Å². The van der Waals surface area contributed by atoms with Crippen LogP contribution in [0.1, 0.15) is 35.0 Å². The molecule has 6 heteroatoms. The van der Waals surface area contributed by atoms with E-state index in [-0.39, 0.29) is 12.2 Å². The topological polar surface area (TPSA) is 88.9 Å². The Labute approximate surface area is 109 Å². The van der Waals surface area contributed by atoms with Crippen molar-refractivity contribution in [1.82, 2.24) is 15.2 Å². The fourth-order valence-electron chi connectivity index (χ4n) is 1.92. The third-order valence-corrected chi connectivity index (χ3v) is 3.11. The van der Waals surface area contributed by atoms with Crippen LogP contribution >= 0.6 is 0 Å². The number of rotatable bonds is 6. The first-order chi connectivity index (χ1) is 9.22. The van der Waals surface area contributed by atoms with Crippen molar-refractivity contribution >= 4 is 11.6 Å². The van der Waals surface area contributed by atoms with Gasteiger partial charge in [0.15, 0.2) is 0 Å². The van der Waals surface area contributed by atoms with Gasteiger partial charge in [-0.3, -0.25) is 14.7 Å². The van der Waals surface area contributed by atoms with Crippen molar-refractivity contribution in [2.75, 3.05) is 0 Å². The molecule has 98 valence electrons. The third-order valence-electron chi connectivity index (χ3n) is 3.11. The van der Waals surface area contributed by atoms with Crippen molar-refractivity contribution in [1.29, 1.82) is 0 Å². The van der Waals surface area contributed by atoms with Crippen LogP contribution in [0.3, 0.4) is 0 Å². The van der Waals surface area contributed by atoms with Gasteiger partial charge in [-0.25, -0.2) is 4.98 Å². The maximum Gasteiger partial charge on any atom is 0.268 e. The largest absolute Gasteiger partial charge is 0.466 e. The minimum atomic E-state index is -0.693. The molecule has 2 aromatic heterocycles. The van der Waals surface area contributed by atoms with Gasteiger partial charge in [0, 0.05) is 6.42 Å². The second-order valence-corrected chi connectivity index (χ2v) is 4.77. The molecule has 6 nitrogen and oxygen atoms in total. The molecule has 1 aliphatic rings. The van der Waals surface area contributed by atoms with Crippen molar-refractivity contribution in [3.63, 3.8) is 0 Å². The summed E-state index contributed by atoms with van der Waals surface area (Å²) in [5, 5.41) is 6.00. The minimum Gasteiger partial charge on any atom is -0.466 e. The Morgan fingerprint density at radius 2 is 2.11 bits per heavy atom. The maximum absolute atomic E-state index is 11.8. The number of carbonyl (C=O) groups is 2. The Morgan fingerprint density at radius 1 is 1.32 bits per heavy atom. The number of carbonyl (C=O) groups excluding carboxylic acids is 2. The average Bonchev–Trinajstić information content (AvgIpc) is 2.90. The highest BCUT2D eigenvalue weighted by Gasteiger charge is 2.24. The molecule has 0 amide bonds. The minimum absolute atomic E-state index is 0.0436. The second-order valence-electron chi connectivity index (χ2n) is 4.77. The number of furan rings is 1. The molecular formula is C13H13N3O3. The molecule has 1 N–H and O–H groups in total. The predicted octanol–water partition coefficient (Wildman–Crippen LogP) is 1.34. The standard InChI is InChI=1S/C13H13N3O3/c17-11(12(18)13-14-7-15-16-13)6-10-4-3-9(19-10)5-8-1-2-8/h3-4,7-8H,1-2,5-6H2,(H,14,15,16). The highest BCUT2D eigenvalue weighted by molar-refractivity contribution is 6.42. The van der Waals surface area contributed by atoms with E-state index in [0.717, 1.165) is 18.1 Å². The molecule has 0 saturated heterocycles. The number of H-pyrrole nitrogens is 1. The van der Waals surface area contributed by atoms with Crippen LogP contribution in [0.4, 0.5) is 0 Å². The second kappa shape index (κ2) is 4.79. The molecule has 0 aliphatic heterocycles. The SMILES string of the molecule is O=C(Cc1ccc(CC2CC2)o1)C(=O)c1nc[nH]n1. The van der Waals surface area contributed by atoms with Crippen LogP contribution in [-0.4, -0.2) is 26.7 Å². The summed E-state index contributed by atoms with van der Waals surface area (Å²) in [6.07, 6.45) is 4.64.